The van der Waals surface area contributed by atoms with Gasteiger partial charge in [0.2, 0.25) is 0 Å². The number of hydrogen-bond acceptors (Lipinski definition) is 6. The van der Waals surface area contributed by atoms with Crippen molar-refractivity contribution in [3.05, 3.63) is 0 Å². The van der Waals surface area contributed by atoms with Crippen molar-refractivity contribution in [2.45, 2.75) is 89.3 Å². The second kappa shape index (κ2) is 10.7. The number of carbonyl (C=O) groups excluding carboxylic acids is 1. The zero-order valence-corrected chi connectivity index (χ0v) is 21.9. The van der Waals surface area contributed by atoms with Gasteiger partial charge in [-0.3, -0.25) is 0 Å². The Bertz CT molecular complexity index is 518. The summed E-state index contributed by atoms with van der Waals surface area (Å²) in [5.74, 6) is 0. The average molecular weight is 450 g/mol. The first-order valence-corrected chi connectivity index (χ1v) is 17.2. The predicted octanol–water partition coefficient (Wildman–Crippen LogP) is 3.91. The molecule has 1 amide bonds. The molecule has 3 atom stereocenters. The van der Waals surface area contributed by atoms with Gasteiger partial charge in [-0.1, -0.05) is 40.4 Å². The lowest BCUT2D eigenvalue weighted by molar-refractivity contribution is -0.114. The molecule has 1 N–H and O–H groups in total. The fourth-order valence-electron chi connectivity index (χ4n) is 2.92. The van der Waals surface area contributed by atoms with Crippen LogP contribution in [-0.2, 0) is 18.6 Å². The van der Waals surface area contributed by atoms with Gasteiger partial charge in [0.1, 0.15) is 12.9 Å². The van der Waals surface area contributed by atoms with Crippen LogP contribution in [0.15, 0.2) is 0 Å². The Balaban J connectivity index is 2.70. The minimum absolute atomic E-state index is 0.0441. The van der Waals surface area contributed by atoms with E-state index in [1.165, 1.54) is 12.0 Å². The van der Waals surface area contributed by atoms with Crippen LogP contribution in [0.2, 0.25) is 43.8 Å². The van der Waals surface area contributed by atoms with Gasteiger partial charge in [0, 0.05) is 21.2 Å². The molecule has 7 nitrogen and oxygen atoms in total. The number of aliphatic hydroxyl groups excluding tert-OH is 1. The summed E-state index contributed by atoms with van der Waals surface area (Å²) in [5.41, 5.74) is 0. The molecule has 0 saturated carbocycles. The quantitative estimate of drug-likeness (QED) is 0.327. The second-order valence-electron chi connectivity index (χ2n) is 10.6. The molecular formula is C20H43NO6Si2. The molecule has 9 heteroatoms. The first kappa shape index (κ1) is 26.6. The van der Waals surface area contributed by atoms with Gasteiger partial charge >= 0.3 is 6.09 Å². The molecule has 172 valence electrons. The van der Waals surface area contributed by atoms with Gasteiger partial charge in [0.25, 0.3) is 0 Å². The summed E-state index contributed by atoms with van der Waals surface area (Å²) in [7, 11) is -1.83. The third kappa shape index (κ3) is 8.30. The summed E-state index contributed by atoms with van der Waals surface area (Å²) in [4.78, 5) is 13.7. The van der Waals surface area contributed by atoms with E-state index in [0.29, 0.717) is 19.6 Å². The Hall–Kier alpha value is -0.456. The lowest BCUT2D eigenvalue weighted by Crippen LogP contribution is -2.61. The van der Waals surface area contributed by atoms with Crippen molar-refractivity contribution in [3.63, 3.8) is 0 Å². The fourth-order valence-corrected chi connectivity index (χ4v) is 5.04. The van der Waals surface area contributed by atoms with Gasteiger partial charge in [-0.25, -0.2) is 4.79 Å². The van der Waals surface area contributed by atoms with E-state index in [0.717, 1.165) is 6.04 Å². The SMILES string of the molecule is COC(=O)N1CCC(O[Si](C)(C)C(C)(C)C)C(O)C1COCOCC[Si](C)(C)C. The number of carbonyl (C=O) groups is 1. The number of amides is 1. The average Bonchev–Trinajstić information content (AvgIpc) is 2.58. The van der Waals surface area contributed by atoms with Crippen LogP contribution in [-0.4, -0.2) is 84.4 Å². The summed E-state index contributed by atoms with van der Waals surface area (Å²) in [6, 6.07) is 0.547. The van der Waals surface area contributed by atoms with Gasteiger partial charge < -0.3 is 28.6 Å². The van der Waals surface area contributed by atoms with Crippen molar-refractivity contribution in [3.8, 4) is 0 Å². The Morgan fingerprint density at radius 1 is 1.14 bits per heavy atom. The molecule has 0 spiro atoms. The highest BCUT2D eigenvalue weighted by molar-refractivity contribution is 6.76. The van der Waals surface area contributed by atoms with Gasteiger partial charge in [0.15, 0.2) is 8.32 Å². The molecule has 0 aromatic carbocycles. The van der Waals surface area contributed by atoms with Crippen LogP contribution in [0.3, 0.4) is 0 Å². The lowest BCUT2D eigenvalue weighted by atomic mass is 9.97. The summed E-state index contributed by atoms with van der Waals surface area (Å²) in [6.45, 7) is 19.2. The minimum atomic E-state index is -2.04. The maximum atomic E-state index is 12.2. The van der Waals surface area contributed by atoms with E-state index in [-0.39, 0.29) is 24.5 Å². The molecule has 1 aliphatic heterocycles. The Morgan fingerprint density at radius 2 is 1.76 bits per heavy atom. The number of likely N-dealkylation sites (tertiary alicyclic amines) is 1. The highest BCUT2D eigenvalue weighted by atomic mass is 28.4. The number of rotatable bonds is 9. The molecule has 0 aromatic rings. The molecular weight excluding hydrogens is 406 g/mol. The van der Waals surface area contributed by atoms with Crippen molar-refractivity contribution in [2.24, 2.45) is 0 Å². The predicted molar refractivity (Wildman–Crippen MR) is 121 cm³/mol. The zero-order chi connectivity index (χ0) is 22.5. The van der Waals surface area contributed by atoms with Crippen LogP contribution in [0.5, 0.6) is 0 Å². The number of aliphatic hydroxyl groups is 1. The summed E-state index contributed by atoms with van der Waals surface area (Å²) in [6.07, 6.45) is -1.04. The third-order valence-corrected chi connectivity index (χ3v) is 12.2. The van der Waals surface area contributed by atoms with Crippen molar-refractivity contribution in [1.82, 2.24) is 4.90 Å². The molecule has 0 aliphatic carbocycles. The van der Waals surface area contributed by atoms with E-state index in [1.54, 1.807) is 0 Å². The van der Waals surface area contributed by atoms with Crippen LogP contribution in [0, 0.1) is 0 Å². The first-order chi connectivity index (χ1) is 13.2. The normalized spacial score (nSPS) is 23.9. The van der Waals surface area contributed by atoms with Crippen LogP contribution in [0.1, 0.15) is 27.2 Å². The van der Waals surface area contributed by atoms with Crippen LogP contribution in [0.4, 0.5) is 4.79 Å². The maximum Gasteiger partial charge on any atom is 0.409 e. The molecule has 0 aromatic heterocycles. The third-order valence-electron chi connectivity index (χ3n) is 5.94. The maximum absolute atomic E-state index is 12.2. The summed E-state index contributed by atoms with van der Waals surface area (Å²) < 4.78 is 22.6. The Morgan fingerprint density at radius 3 is 2.28 bits per heavy atom. The molecule has 1 saturated heterocycles. The van der Waals surface area contributed by atoms with Crippen molar-refractivity contribution in [2.75, 3.05) is 33.7 Å². The van der Waals surface area contributed by atoms with E-state index in [2.05, 4.69) is 53.5 Å². The van der Waals surface area contributed by atoms with Gasteiger partial charge in [0.05, 0.1) is 25.9 Å². The minimum Gasteiger partial charge on any atom is -0.453 e. The molecule has 1 heterocycles. The first-order valence-electron chi connectivity index (χ1n) is 10.6. The van der Waals surface area contributed by atoms with E-state index in [4.69, 9.17) is 18.6 Å². The molecule has 29 heavy (non-hydrogen) atoms. The standard InChI is InChI=1S/C20H43NO6Si2/c1-20(2,3)29(8,9)27-17-10-11-21(19(23)24-4)16(18(17)22)14-26-15-25-12-13-28(5,6)7/h16-18,22H,10-15H2,1-9H3. The van der Waals surface area contributed by atoms with Crippen LogP contribution >= 0.6 is 0 Å². The van der Waals surface area contributed by atoms with Crippen molar-refractivity contribution >= 4 is 22.5 Å². The second-order valence-corrected chi connectivity index (χ2v) is 21.0. The highest BCUT2D eigenvalue weighted by Gasteiger charge is 2.46. The number of methoxy groups -OCH3 is 1. The molecule has 0 bridgehead atoms. The molecule has 0 radical (unpaired) electrons. The fraction of sp³-hybridized carbons (Fsp3) is 0.950. The number of hydrogen-bond donors (Lipinski definition) is 1. The molecule has 3 unspecified atom stereocenters. The van der Waals surface area contributed by atoms with Gasteiger partial charge in [-0.05, 0) is 30.6 Å². The number of ether oxygens (including phenoxy) is 3. The van der Waals surface area contributed by atoms with Crippen molar-refractivity contribution < 1.29 is 28.5 Å². The highest BCUT2D eigenvalue weighted by Crippen LogP contribution is 2.39. The van der Waals surface area contributed by atoms with E-state index in [9.17, 15) is 9.90 Å². The van der Waals surface area contributed by atoms with Gasteiger partial charge in [-0.2, -0.15) is 0 Å². The Labute approximate surface area is 179 Å². The van der Waals surface area contributed by atoms with E-state index in [1.807, 2.05) is 0 Å². The number of nitrogens with zero attached hydrogens (tertiary/aromatic N) is 1. The molecule has 1 rings (SSSR count). The van der Waals surface area contributed by atoms with Crippen LogP contribution < -0.4 is 0 Å². The van der Waals surface area contributed by atoms with E-state index < -0.39 is 34.6 Å². The largest absolute Gasteiger partial charge is 0.453 e. The Kier molecular flexibility index (Phi) is 9.83. The van der Waals surface area contributed by atoms with E-state index >= 15 is 0 Å². The monoisotopic (exact) mass is 449 g/mol. The molecule has 1 aliphatic rings. The summed E-state index contributed by atoms with van der Waals surface area (Å²) in [5, 5.41) is 11.1. The van der Waals surface area contributed by atoms with Crippen LogP contribution in [0.25, 0.3) is 0 Å². The molecule has 1 fully saturated rings. The lowest BCUT2D eigenvalue weighted by Gasteiger charge is -2.46. The van der Waals surface area contributed by atoms with Crippen molar-refractivity contribution in [1.29, 1.82) is 0 Å². The topological polar surface area (TPSA) is 77.5 Å². The number of piperidine rings is 1. The van der Waals surface area contributed by atoms with Gasteiger partial charge in [-0.15, -0.1) is 0 Å². The zero-order valence-electron chi connectivity index (χ0n) is 19.9. The summed E-state index contributed by atoms with van der Waals surface area (Å²) >= 11 is 0. The smallest absolute Gasteiger partial charge is 0.409 e.